The Morgan fingerprint density at radius 2 is 1.97 bits per heavy atom. The van der Waals surface area contributed by atoms with Crippen LogP contribution >= 0.6 is 0 Å². The van der Waals surface area contributed by atoms with Crippen LogP contribution in [-0.4, -0.2) is 38.9 Å². The lowest BCUT2D eigenvalue weighted by atomic mass is 10.1. The zero-order chi connectivity index (χ0) is 22.2. The van der Waals surface area contributed by atoms with Gasteiger partial charge < -0.3 is 21.1 Å². The topological polar surface area (TPSA) is 137 Å². The first kappa shape index (κ1) is 20.0. The minimum absolute atomic E-state index is 0.0114. The molecule has 0 radical (unpaired) electrons. The van der Waals surface area contributed by atoms with Crippen molar-refractivity contribution in [2.75, 3.05) is 17.7 Å². The largest absolute Gasteiger partial charge is 0.494 e. The quantitative estimate of drug-likeness (QED) is 0.497. The predicted molar refractivity (Wildman–Crippen MR) is 118 cm³/mol. The van der Waals surface area contributed by atoms with Crippen molar-refractivity contribution in [3.05, 3.63) is 42.4 Å². The summed E-state index contributed by atoms with van der Waals surface area (Å²) in [4.78, 5) is 24.0. The third kappa shape index (κ3) is 3.98. The van der Waals surface area contributed by atoms with Gasteiger partial charge in [0.05, 0.1) is 30.7 Å². The molecule has 3 aromatic rings. The van der Waals surface area contributed by atoms with Gasteiger partial charge >= 0.3 is 0 Å². The minimum Gasteiger partial charge on any atom is -0.494 e. The molecule has 2 amide bonds. The number of carbonyl (C=O) groups excluding carboxylic acids is 2. The van der Waals surface area contributed by atoms with Crippen molar-refractivity contribution in [1.82, 2.24) is 20.0 Å². The summed E-state index contributed by atoms with van der Waals surface area (Å²) in [7, 11) is 1.58. The molecule has 2 saturated carbocycles. The van der Waals surface area contributed by atoms with E-state index in [9.17, 15) is 9.59 Å². The number of anilines is 3. The third-order valence-electron chi connectivity index (χ3n) is 5.55. The van der Waals surface area contributed by atoms with Crippen molar-refractivity contribution in [2.45, 2.75) is 31.7 Å². The first-order valence-corrected chi connectivity index (χ1v) is 10.5. The molecule has 10 nitrogen and oxygen atoms in total. The van der Waals surface area contributed by atoms with Crippen LogP contribution in [0, 0.1) is 5.92 Å². The molecule has 2 heterocycles. The summed E-state index contributed by atoms with van der Waals surface area (Å²) in [6, 6.07) is 7.66. The van der Waals surface area contributed by atoms with E-state index in [1.807, 2.05) is 35.3 Å². The fourth-order valence-corrected chi connectivity index (χ4v) is 3.55. The van der Waals surface area contributed by atoms with E-state index in [0.29, 0.717) is 23.2 Å². The maximum absolute atomic E-state index is 12.1. The fourth-order valence-electron chi connectivity index (χ4n) is 3.55. The number of nitrogens with two attached hydrogens (primary N) is 1. The lowest BCUT2D eigenvalue weighted by Gasteiger charge is -2.16. The van der Waals surface area contributed by atoms with Crippen LogP contribution in [0.15, 0.2) is 36.7 Å². The summed E-state index contributed by atoms with van der Waals surface area (Å²) in [5.41, 5.74) is 8.17. The summed E-state index contributed by atoms with van der Waals surface area (Å²) in [6.07, 6.45) is 7.84. The summed E-state index contributed by atoms with van der Waals surface area (Å²) < 4.78 is 7.68. The van der Waals surface area contributed by atoms with Gasteiger partial charge in [0.15, 0.2) is 11.5 Å². The zero-order valence-corrected chi connectivity index (χ0v) is 17.5. The Hall–Kier alpha value is -3.95. The van der Waals surface area contributed by atoms with Crippen LogP contribution in [0.5, 0.6) is 5.75 Å². The third-order valence-corrected chi connectivity index (χ3v) is 5.55. The van der Waals surface area contributed by atoms with E-state index in [2.05, 4.69) is 25.9 Å². The molecule has 164 valence electrons. The Balaban J connectivity index is 1.48. The molecule has 32 heavy (non-hydrogen) atoms. The molecule has 2 aliphatic rings. The van der Waals surface area contributed by atoms with Gasteiger partial charge in [0, 0.05) is 29.3 Å². The van der Waals surface area contributed by atoms with Crippen molar-refractivity contribution in [2.24, 2.45) is 11.7 Å². The van der Waals surface area contributed by atoms with E-state index < -0.39 is 5.91 Å². The molecule has 0 bridgehead atoms. The number of amides is 2. The van der Waals surface area contributed by atoms with Crippen LogP contribution in [0.4, 0.5) is 17.2 Å². The molecule has 2 aliphatic carbocycles. The van der Waals surface area contributed by atoms with Crippen LogP contribution in [-0.2, 0) is 4.79 Å². The summed E-state index contributed by atoms with van der Waals surface area (Å²) >= 11 is 0. The van der Waals surface area contributed by atoms with Crippen LogP contribution in [0.3, 0.4) is 0 Å². The lowest BCUT2D eigenvalue weighted by Crippen LogP contribution is -2.19. The first-order chi connectivity index (χ1) is 15.5. The number of nitrogens with zero attached hydrogens (tertiary/aromatic N) is 4. The maximum Gasteiger partial charge on any atom is 0.271 e. The second kappa shape index (κ2) is 7.95. The van der Waals surface area contributed by atoms with E-state index in [0.717, 1.165) is 36.8 Å². The fraction of sp³-hybridized carbons (Fsp3) is 0.318. The number of hydrogen-bond donors (Lipinski definition) is 3. The second-order valence-corrected chi connectivity index (χ2v) is 8.07. The molecule has 0 aliphatic heterocycles. The van der Waals surface area contributed by atoms with Crippen LogP contribution in [0.25, 0.3) is 11.1 Å². The number of benzene rings is 1. The Morgan fingerprint density at radius 3 is 2.66 bits per heavy atom. The predicted octanol–water partition coefficient (Wildman–Crippen LogP) is 2.87. The highest BCUT2D eigenvalue weighted by Crippen LogP contribution is 2.40. The summed E-state index contributed by atoms with van der Waals surface area (Å²) in [5.74, 6) is -0.00328. The van der Waals surface area contributed by atoms with Crippen molar-refractivity contribution >= 4 is 29.0 Å². The Kier molecular flexibility index (Phi) is 4.96. The number of hydrogen-bond acceptors (Lipinski definition) is 7. The van der Waals surface area contributed by atoms with E-state index in [1.54, 1.807) is 13.2 Å². The average molecular weight is 433 g/mol. The summed E-state index contributed by atoms with van der Waals surface area (Å²) in [6.45, 7) is 0. The molecule has 0 atom stereocenters. The van der Waals surface area contributed by atoms with E-state index >= 15 is 0 Å². The van der Waals surface area contributed by atoms with E-state index in [1.165, 1.54) is 0 Å². The Bertz CT molecular complexity index is 1200. The van der Waals surface area contributed by atoms with Crippen molar-refractivity contribution in [1.29, 1.82) is 0 Å². The molecule has 0 unspecified atom stereocenters. The monoisotopic (exact) mass is 433 g/mol. The number of carbonyl (C=O) groups is 2. The maximum atomic E-state index is 12.1. The molecule has 10 heteroatoms. The van der Waals surface area contributed by atoms with Gasteiger partial charge in [-0.15, -0.1) is 10.2 Å². The van der Waals surface area contributed by atoms with E-state index in [4.69, 9.17) is 10.5 Å². The molecular weight excluding hydrogens is 410 g/mol. The molecule has 2 fully saturated rings. The summed E-state index contributed by atoms with van der Waals surface area (Å²) in [5, 5.41) is 18.2. The van der Waals surface area contributed by atoms with Crippen LogP contribution in [0.1, 0.15) is 42.2 Å². The van der Waals surface area contributed by atoms with Crippen molar-refractivity contribution < 1.29 is 14.3 Å². The number of rotatable bonds is 8. The molecule has 0 saturated heterocycles. The number of methoxy groups -OCH3 is 1. The minimum atomic E-state index is -0.735. The lowest BCUT2D eigenvalue weighted by molar-refractivity contribution is -0.117. The zero-order valence-electron chi connectivity index (χ0n) is 17.5. The normalized spacial score (nSPS) is 15.3. The molecule has 0 spiro atoms. The number of ether oxygens (including phenoxy) is 1. The number of primary amides is 1. The SMILES string of the molecule is COc1c(Nc2cc(NC(=O)C3CC3)nnc2C(N)=O)cccc1-c1cnn(C2CC2)c1. The smallest absolute Gasteiger partial charge is 0.271 e. The van der Waals surface area contributed by atoms with Gasteiger partial charge in [0.1, 0.15) is 5.75 Å². The Labute approximate surface area is 184 Å². The van der Waals surface area contributed by atoms with Gasteiger partial charge in [0.2, 0.25) is 5.91 Å². The van der Waals surface area contributed by atoms with Gasteiger partial charge in [0.25, 0.3) is 5.91 Å². The van der Waals surface area contributed by atoms with Gasteiger partial charge in [-0.2, -0.15) is 5.10 Å². The second-order valence-electron chi connectivity index (χ2n) is 8.07. The molecule has 4 N–H and O–H groups in total. The number of para-hydroxylation sites is 1. The highest BCUT2D eigenvalue weighted by molar-refractivity contribution is 5.99. The van der Waals surface area contributed by atoms with Gasteiger partial charge in [-0.3, -0.25) is 14.3 Å². The molecule has 2 aromatic heterocycles. The van der Waals surface area contributed by atoms with Gasteiger partial charge in [-0.25, -0.2) is 0 Å². The standard InChI is InChI=1S/C22H23N7O3/c1-32-20-15(13-10-24-29(11-13)14-7-8-14)3-2-4-16(20)25-17-9-18(26-22(31)12-5-6-12)27-28-19(17)21(23)30/h2-4,9-12,14H,5-8H2,1H3,(H2,23,30)(H2,25,26,27,31). The molecular formula is C22H23N7O3. The van der Waals surface area contributed by atoms with Gasteiger partial charge in [-0.1, -0.05) is 12.1 Å². The Morgan fingerprint density at radius 1 is 1.16 bits per heavy atom. The number of aromatic nitrogens is 4. The van der Waals surface area contributed by atoms with Crippen molar-refractivity contribution in [3.8, 4) is 16.9 Å². The van der Waals surface area contributed by atoms with Crippen LogP contribution < -0.4 is 21.1 Å². The van der Waals surface area contributed by atoms with Crippen LogP contribution in [0.2, 0.25) is 0 Å². The highest BCUT2D eigenvalue weighted by atomic mass is 16.5. The molecule has 1 aromatic carbocycles. The highest BCUT2D eigenvalue weighted by Gasteiger charge is 2.30. The first-order valence-electron chi connectivity index (χ1n) is 10.5. The number of nitrogens with one attached hydrogen (secondary N) is 2. The van der Waals surface area contributed by atoms with Crippen molar-refractivity contribution in [3.63, 3.8) is 0 Å². The molecule has 5 rings (SSSR count). The average Bonchev–Trinajstić information content (AvgIpc) is 3.72. The van der Waals surface area contributed by atoms with E-state index in [-0.39, 0.29) is 23.3 Å². The van der Waals surface area contributed by atoms with Gasteiger partial charge in [-0.05, 0) is 31.7 Å².